The molecule has 72 valence electrons. The van der Waals surface area contributed by atoms with Crippen LogP contribution in [0.4, 0.5) is 4.39 Å². The zero-order valence-electron chi connectivity index (χ0n) is 8.63. The lowest BCUT2D eigenvalue weighted by Gasteiger charge is -2.10. The lowest BCUT2D eigenvalue weighted by Crippen LogP contribution is -1.99. The van der Waals surface area contributed by atoms with E-state index in [0.717, 1.165) is 11.3 Å². The molecule has 1 nitrogen and oxygen atoms in total. The van der Waals surface area contributed by atoms with E-state index in [1.165, 1.54) is 6.20 Å². The molecule has 0 aliphatic carbocycles. The van der Waals surface area contributed by atoms with Gasteiger partial charge in [-0.15, -0.1) is 0 Å². The molecular formula is C11H16FN. The molecule has 0 bridgehead atoms. The van der Waals surface area contributed by atoms with Crippen molar-refractivity contribution in [1.29, 1.82) is 0 Å². The first kappa shape index (κ1) is 10.2. The van der Waals surface area contributed by atoms with Crippen molar-refractivity contribution in [2.75, 3.05) is 0 Å². The summed E-state index contributed by atoms with van der Waals surface area (Å²) in [5, 5.41) is 0. The Kier molecular flexibility index (Phi) is 3.02. The number of aromatic nitrogens is 1. The van der Waals surface area contributed by atoms with Crippen LogP contribution in [0.3, 0.4) is 0 Å². The highest BCUT2D eigenvalue weighted by molar-refractivity contribution is 5.22. The van der Waals surface area contributed by atoms with Crippen LogP contribution in [0.2, 0.25) is 0 Å². The van der Waals surface area contributed by atoms with Crippen molar-refractivity contribution in [1.82, 2.24) is 4.98 Å². The molecule has 1 rings (SSSR count). The summed E-state index contributed by atoms with van der Waals surface area (Å²) in [6.45, 7) is 8.10. The normalized spacial score (nSPS) is 11.3. The van der Waals surface area contributed by atoms with Gasteiger partial charge in [0.25, 0.3) is 0 Å². The van der Waals surface area contributed by atoms with Crippen LogP contribution in [0.25, 0.3) is 0 Å². The molecular weight excluding hydrogens is 165 g/mol. The summed E-state index contributed by atoms with van der Waals surface area (Å²) in [6.07, 6.45) is 1.32. The predicted molar refractivity (Wildman–Crippen MR) is 52.4 cm³/mol. The molecule has 0 aromatic carbocycles. The fourth-order valence-corrected chi connectivity index (χ4v) is 1.23. The Morgan fingerprint density at radius 3 is 2.23 bits per heavy atom. The van der Waals surface area contributed by atoms with Gasteiger partial charge in [0, 0.05) is 5.69 Å². The molecule has 0 unspecified atom stereocenters. The third-order valence-corrected chi connectivity index (χ3v) is 2.12. The standard InChI is InChI=1S/C11H16FN/c1-7(2)9-5-11(8(3)4)13-6-10(9)12/h5-8H,1-4H3. The second-order valence-electron chi connectivity index (χ2n) is 3.94. The smallest absolute Gasteiger partial charge is 0.144 e. The van der Waals surface area contributed by atoms with E-state index >= 15 is 0 Å². The molecule has 0 aliphatic heterocycles. The van der Waals surface area contributed by atoms with Crippen LogP contribution in [0.5, 0.6) is 0 Å². The second-order valence-corrected chi connectivity index (χ2v) is 3.94. The molecule has 1 aromatic heterocycles. The highest BCUT2D eigenvalue weighted by Crippen LogP contribution is 2.21. The van der Waals surface area contributed by atoms with Crippen molar-refractivity contribution in [3.05, 3.63) is 29.3 Å². The quantitative estimate of drug-likeness (QED) is 0.680. The Labute approximate surface area is 79.0 Å². The van der Waals surface area contributed by atoms with Crippen LogP contribution < -0.4 is 0 Å². The number of halogens is 1. The Morgan fingerprint density at radius 2 is 1.77 bits per heavy atom. The molecule has 0 saturated carbocycles. The minimum Gasteiger partial charge on any atom is -0.258 e. The van der Waals surface area contributed by atoms with E-state index < -0.39 is 0 Å². The topological polar surface area (TPSA) is 12.9 Å². The predicted octanol–water partition coefficient (Wildman–Crippen LogP) is 3.47. The highest BCUT2D eigenvalue weighted by atomic mass is 19.1. The van der Waals surface area contributed by atoms with Gasteiger partial charge in [0.2, 0.25) is 0 Å². The maximum Gasteiger partial charge on any atom is 0.144 e. The number of pyridine rings is 1. The maximum atomic E-state index is 13.2. The summed E-state index contributed by atoms with van der Waals surface area (Å²) < 4.78 is 13.2. The molecule has 13 heavy (non-hydrogen) atoms. The minimum atomic E-state index is -0.195. The van der Waals surface area contributed by atoms with E-state index in [4.69, 9.17) is 0 Å². The molecule has 1 heterocycles. The largest absolute Gasteiger partial charge is 0.258 e. The molecule has 1 aromatic rings. The van der Waals surface area contributed by atoms with E-state index in [2.05, 4.69) is 18.8 Å². The number of hydrogen-bond donors (Lipinski definition) is 0. The summed E-state index contributed by atoms with van der Waals surface area (Å²) in [7, 11) is 0. The van der Waals surface area contributed by atoms with E-state index in [9.17, 15) is 4.39 Å². The van der Waals surface area contributed by atoms with E-state index in [1.807, 2.05) is 19.9 Å². The fourth-order valence-electron chi connectivity index (χ4n) is 1.23. The van der Waals surface area contributed by atoms with Gasteiger partial charge in [0.15, 0.2) is 0 Å². The first-order valence-electron chi connectivity index (χ1n) is 4.67. The van der Waals surface area contributed by atoms with Crippen molar-refractivity contribution in [2.45, 2.75) is 39.5 Å². The van der Waals surface area contributed by atoms with E-state index in [-0.39, 0.29) is 11.7 Å². The first-order chi connectivity index (χ1) is 6.02. The van der Waals surface area contributed by atoms with E-state index in [0.29, 0.717) is 5.92 Å². The Hall–Kier alpha value is -0.920. The van der Waals surface area contributed by atoms with Crippen molar-refractivity contribution in [2.24, 2.45) is 0 Å². The average Bonchev–Trinajstić information content (AvgIpc) is 2.04. The van der Waals surface area contributed by atoms with Gasteiger partial charge in [0.05, 0.1) is 6.20 Å². The monoisotopic (exact) mass is 181 g/mol. The van der Waals surface area contributed by atoms with Gasteiger partial charge in [-0.05, 0) is 23.5 Å². The van der Waals surface area contributed by atoms with E-state index in [1.54, 1.807) is 0 Å². The fraction of sp³-hybridized carbons (Fsp3) is 0.545. The van der Waals surface area contributed by atoms with Gasteiger partial charge in [-0.1, -0.05) is 27.7 Å². The van der Waals surface area contributed by atoms with Crippen molar-refractivity contribution >= 4 is 0 Å². The maximum absolute atomic E-state index is 13.2. The lowest BCUT2D eigenvalue weighted by molar-refractivity contribution is 0.587. The minimum absolute atomic E-state index is 0.195. The first-order valence-corrected chi connectivity index (χ1v) is 4.67. The summed E-state index contributed by atoms with van der Waals surface area (Å²) in [5.74, 6) is 0.387. The third-order valence-electron chi connectivity index (χ3n) is 2.12. The van der Waals surface area contributed by atoms with Gasteiger partial charge in [-0.2, -0.15) is 0 Å². The Bertz CT molecular complexity index is 292. The molecule has 0 amide bonds. The Balaban J connectivity index is 3.11. The SMILES string of the molecule is CC(C)c1cc(C(C)C)c(F)cn1. The highest BCUT2D eigenvalue weighted by Gasteiger charge is 2.09. The third kappa shape index (κ3) is 2.27. The molecule has 0 atom stereocenters. The van der Waals surface area contributed by atoms with Crippen LogP contribution in [-0.2, 0) is 0 Å². The average molecular weight is 181 g/mol. The molecule has 0 N–H and O–H groups in total. The van der Waals surface area contributed by atoms with Crippen LogP contribution in [0.1, 0.15) is 50.8 Å². The Morgan fingerprint density at radius 1 is 1.15 bits per heavy atom. The molecule has 0 aliphatic rings. The van der Waals surface area contributed by atoms with Crippen LogP contribution in [-0.4, -0.2) is 4.98 Å². The van der Waals surface area contributed by atoms with Crippen molar-refractivity contribution in [3.63, 3.8) is 0 Å². The lowest BCUT2D eigenvalue weighted by atomic mass is 10.00. The molecule has 0 radical (unpaired) electrons. The number of nitrogens with zero attached hydrogens (tertiary/aromatic N) is 1. The van der Waals surface area contributed by atoms with Crippen LogP contribution in [0.15, 0.2) is 12.3 Å². The van der Waals surface area contributed by atoms with Gasteiger partial charge in [-0.25, -0.2) is 4.39 Å². The zero-order valence-corrected chi connectivity index (χ0v) is 8.63. The van der Waals surface area contributed by atoms with Gasteiger partial charge < -0.3 is 0 Å². The summed E-state index contributed by atoms with van der Waals surface area (Å²) in [6, 6.07) is 1.87. The van der Waals surface area contributed by atoms with Crippen LogP contribution in [0, 0.1) is 5.82 Å². The van der Waals surface area contributed by atoms with Crippen LogP contribution >= 0.6 is 0 Å². The van der Waals surface area contributed by atoms with Gasteiger partial charge in [0.1, 0.15) is 5.82 Å². The van der Waals surface area contributed by atoms with Crippen molar-refractivity contribution in [3.8, 4) is 0 Å². The molecule has 0 spiro atoms. The number of hydrogen-bond acceptors (Lipinski definition) is 1. The van der Waals surface area contributed by atoms with Gasteiger partial charge >= 0.3 is 0 Å². The number of rotatable bonds is 2. The molecule has 2 heteroatoms. The second kappa shape index (κ2) is 3.86. The zero-order chi connectivity index (χ0) is 10.0. The molecule has 0 fully saturated rings. The van der Waals surface area contributed by atoms with Gasteiger partial charge in [-0.3, -0.25) is 4.98 Å². The molecule has 0 saturated heterocycles. The summed E-state index contributed by atoms with van der Waals surface area (Å²) in [4.78, 5) is 4.05. The summed E-state index contributed by atoms with van der Waals surface area (Å²) in [5.41, 5.74) is 1.73. The summed E-state index contributed by atoms with van der Waals surface area (Å²) >= 11 is 0. The van der Waals surface area contributed by atoms with Crippen molar-refractivity contribution < 1.29 is 4.39 Å².